The topological polar surface area (TPSA) is 27.0 Å². The number of halogens is 2. The van der Waals surface area contributed by atoms with Gasteiger partial charge in [0.2, 0.25) is 0 Å². The standard InChI is InChI=1S/C14H14Cl2N2/c1-9(2)18-13(7-12(16)14(18)8-17)10-3-5-11(15)6-4-10/h3-6,9,13H,7H2,1-2H3. The van der Waals surface area contributed by atoms with E-state index >= 15 is 0 Å². The van der Waals surface area contributed by atoms with Gasteiger partial charge in [0, 0.05) is 17.5 Å². The summed E-state index contributed by atoms with van der Waals surface area (Å²) in [4.78, 5) is 2.07. The molecule has 0 amide bonds. The molecule has 94 valence electrons. The predicted octanol–water partition coefficient (Wildman–Crippen LogP) is 4.47. The van der Waals surface area contributed by atoms with Gasteiger partial charge in [0.15, 0.2) is 0 Å². The Hall–Kier alpha value is -1.17. The van der Waals surface area contributed by atoms with E-state index < -0.39 is 0 Å². The first kappa shape index (κ1) is 13.3. The second-order valence-electron chi connectivity index (χ2n) is 4.64. The van der Waals surface area contributed by atoms with Crippen LogP contribution in [0.5, 0.6) is 0 Å². The average Bonchev–Trinajstić information content (AvgIpc) is 2.67. The zero-order valence-corrected chi connectivity index (χ0v) is 11.8. The lowest BCUT2D eigenvalue weighted by Gasteiger charge is -2.31. The number of rotatable bonds is 2. The normalized spacial score (nSPS) is 19.6. The summed E-state index contributed by atoms with van der Waals surface area (Å²) < 4.78 is 0. The molecule has 0 spiro atoms. The molecule has 0 saturated heterocycles. The fourth-order valence-electron chi connectivity index (χ4n) is 2.36. The Kier molecular flexibility index (Phi) is 3.85. The predicted molar refractivity (Wildman–Crippen MR) is 74.3 cm³/mol. The monoisotopic (exact) mass is 280 g/mol. The fraction of sp³-hybridized carbons (Fsp3) is 0.357. The van der Waals surface area contributed by atoms with E-state index in [2.05, 4.69) is 24.8 Å². The lowest BCUT2D eigenvalue weighted by atomic mass is 10.0. The molecule has 1 aliphatic heterocycles. The van der Waals surface area contributed by atoms with Gasteiger partial charge in [-0.1, -0.05) is 35.3 Å². The van der Waals surface area contributed by atoms with Crippen LogP contribution in [0.2, 0.25) is 5.02 Å². The first-order valence-electron chi connectivity index (χ1n) is 5.87. The summed E-state index contributed by atoms with van der Waals surface area (Å²) >= 11 is 12.1. The molecule has 1 aromatic rings. The van der Waals surface area contributed by atoms with Gasteiger partial charge in [0.25, 0.3) is 0 Å². The van der Waals surface area contributed by atoms with Gasteiger partial charge in [-0.3, -0.25) is 0 Å². The molecule has 0 saturated carbocycles. The van der Waals surface area contributed by atoms with Crippen molar-refractivity contribution in [3.8, 4) is 6.07 Å². The number of nitrogens with zero attached hydrogens (tertiary/aromatic N) is 2. The smallest absolute Gasteiger partial charge is 0.131 e. The van der Waals surface area contributed by atoms with E-state index in [-0.39, 0.29) is 12.1 Å². The lowest BCUT2D eigenvalue weighted by Crippen LogP contribution is -2.30. The van der Waals surface area contributed by atoms with Gasteiger partial charge in [-0.05, 0) is 31.5 Å². The van der Waals surface area contributed by atoms with E-state index in [1.807, 2.05) is 24.3 Å². The molecule has 0 bridgehead atoms. The molecule has 0 N–H and O–H groups in total. The minimum atomic E-state index is 0.129. The zero-order chi connectivity index (χ0) is 13.3. The van der Waals surface area contributed by atoms with Crippen LogP contribution in [-0.2, 0) is 0 Å². The summed E-state index contributed by atoms with van der Waals surface area (Å²) in [5.74, 6) is 0. The third-order valence-corrected chi connectivity index (χ3v) is 3.73. The summed E-state index contributed by atoms with van der Waals surface area (Å²) in [6, 6.07) is 10.3. The quantitative estimate of drug-likeness (QED) is 0.799. The van der Waals surface area contributed by atoms with Gasteiger partial charge in [0.05, 0.1) is 11.1 Å². The van der Waals surface area contributed by atoms with Crippen molar-refractivity contribution in [2.24, 2.45) is 0 Å². The van der Waals surface area contributed by atoms with Crippen LogP contribution in [0, 0.1) is 11.3 Å². The van der Waals surface area contributed by atoms with E-state index in [1.54, 1.807) is 0 Å². The molecular formula is C14H14Cl2N2. The number of allylic oxidation sites excluding steroid dienone is 1. The van der Waals surface area contributed by atoms with Gasteiger partial charge in [0.1, 0.15) is 11.8 Å². The van der Waals surface area contributed by atoms with Crippen molar-refractivity contribution in [1.29, 1.82) is 5.26 Å². The van der Waals surface area contributed by atoms with Crippen LogP contribution in [0.1, 0.15) is 31.9 Å². The maximum Gasteiger partial charge on any atom is 0.131 e. The maximum absolute atomic E-state index is 9.21. The largest absolute Gasteiger partial charge is 0.352 e. The van der Waals surface area contributed by atoms with Crippen molar-refractivity contribution >= 4 is 23.2 Å². The molecule has 1 heterocycles. The molecule has 2 rings (SSSR count). The maximum atomic E-state index is 9.21. The minimum absolute atomic E-state index is 0.129. The van der Waals surface area contributed by atoms with Gasteiger partial charge < -0.3 is 4.90 Å². The van der Waals surface area contributed by atoms with Crippen molar-refractivity contribution in [3.05, 3.63) is 45.6 Å². The third-order valence-electron chi connectivity index (χ3n) is 3.14. The molecule has 1 unspecified atom stereocenters. The fourth-order valence-corrected chi connectivity index (χ4v) is 2.77. The molecule has 0 radical (unpaired) electrons. The Morgan fingerprint density at radius 2 is 1.89 bits per heavy atom. The summed E-state index contributed by atoms with van der Waals surface area (Å²) in [5, 5.41) is 10.6. The molecule has 0 fully saturated rings. The first-order chi connectivity index (χ1) is 8.54. The van der Waals surface area contributed by atoms with Gasteiger partial charge in [-0.15, -0.1) is 0 Å². The van der Waals surface area contributed by atoms with Crippen LogP contribution in [-0.4, -0.2) is 10.9 Å². The molecule has 1 aromatic carbocycles. The summed E-state index contributed by atoms with van der Waals surface area (Å²) in [6.07, 6.45) is 0.685. The molecular weight excluding hydrogens is 267 g/mol. The van der Waals surface area contributed by atoms with Crippen molar-refractivity contribution in [2.45, 2.75) is 32.4 Å². The molecule has 1 atom stereocenters. The van der Waals surface area contributed by atoms with Gasteiger partial charge in [-0.25, -0.2) is 0 Å². The lowest BCUT2D eigenvalue weighted by molar-refractivity contribution is 0.238. The van der Waals surface area contributed by atoms with Crippen LogP contribution in [0.3, 0.4) is 0 Å². The molecule has 1 aliphatic rings. The van der Waals surface area contributed by atoms with Gasteiger partial charge in [-0.2, -0.15) is 5.26 Å². The van der Waals surface area contributed by atoms with Crippen LogP contribution in [0.4, 0.5) is 0 Å². The molecule has 0 aliphatic carbocycles. The van der Waals surface area contributed by atoms with E-state index in [0.29, 0.717) is 22.2 Å². The van der Waals surface area contributed by atoms with Crippen LogP contribution in [0.25, 0.3) is 0 Å². The Balaban J connectivity index is 2.36. The average molecular weight is 281 g/mol. The second kappa shape index (κ2) is 5.22. The van der Waals surface area contributed by atoms with Crippen LogP contribution in [0.15, 0.2) is 35.0 Å². The van der Waals surface area contributed by atoms with Crippen molar-refractivity contribution in [1.82, 2.24) is 4.90 Å². The summed E-state index contributed by atoms with van der Waals surface area (Å²) in [6.45, 7) is 4.13. The highest BCUT2D eigenvalue weighted by Gasteiger charge is 2.33. The Morgan fingerprint density at radius 3 is 2.39 bits per heavy atom. The molecule has 2 nitrogen and oxygen atoms in total. The second-order valence-corrected chi connectivity index (χ2v) is 5.53. The Bertz CT molecular complexity index is 512. The number of benzene rings is 1. The number of nitriles is 1. The van der Waals surface area contributed by atoms with E-state index in [0.717, 1.165) is 5.56 Å². The highest BCUT2D eigenvalue weighted by atomic mass is 35.5. The third kappa shape index (κ3) is 2.34. The molecule has 0 aromatic heterocycles. The van der Waals surface area contributed by atoms with E-state index in [4.69, 9.17) is 23.2 Å². The molecule has 4 heteroatoms. The summed E-state index contributed by atoms with van der Waals surface area (Å²) in [7, 11) is 0. The highest BCUT2D eigenvalue weighted by Crippen LogP contribution is 2.41. The Morgan fingerprint density at radius 1 is 1.28 bits per heavy atom. The van der Waals surface area contributed by atoms with Crippen molar-refractivity contribution < 1.29 is 0 Å². The Labute approximate surface area is 117 Å². The van der Waals surface area contributed by atoms with Crippen LogP contribution >= 0.6 is 23.2 Å². The summed E-state index contributed by atoms with van der Waals surface area (Å²) in [5.41, 5.74) is 1.73. The highest BCUT2D eigenvalue weighted by molar-refractivity contribution is 6.30. The van der Waals surface area contributed by atoms with Crippen molar-refractivity contribution in [3.63, 3.8) is 0 Å². The van der Waals surface area contributed by atoms with E-state index in [1.165, 1.54) is 0 Å². The van der Waals surface area contributed by atoms with E-state index in [9.17, 15) is 5.26 Å². The van der Waals surface area contributed by atoms with Crippen molar-refractivity contribution in [2.75, 3.05) is 0 Å². The SMILES string of the molecule is CC(C)N1C(C#N)=C(Cl)CC1c1ccc(Cl)cc1. The number of hydrogen-bond donors (Lipinski definition) is 0. The van der Waals surface area contributed by atoms with Gasteiger partial charge >= 0.3 is 0 Å². The van der Waals surface area contributed by atoms with Crippen LogP contribution < -0.4 is 0 Å². The minimum Gasteiger partial charge on any atom is -0.352 e. The first-order valence-corrected chi connectivity index (χ1v) is 6.62. The zero-order valence-electron chi connectivity index (χ0n) is 10.3. The molecule has 18 heavy (non-hydrogen) atoms. The number of hydrogen-bond acceptors (Lipinski definition) is 2.